The fraction of sp³-hybridized carbons (Fsp3) is 0. The minimum atomic E-state index is 0. The molecule has 0 amide bonds. The normalized spacial score (nSPS) is 0. The van der Waals surface area contributed by atoms with Crippen molar-refractivity contribution in [3.8, 4) is 0 Å². The first kappa shape index (κ1) is 26.1. The molecule has 0 heterocycles. The van der Waals surface area contributed by atoms with Gasteiger partial charge >= 0.3 is 0 Å². The molecular weight excluding hydrogens is 652 g/mol. The van der Waals surface area contributed by atoms with Crippen LogP contribution in [0.5, 0.6) is 0 Å². The third kappa shape index (κ3) is 9.06. The predicted octanol–water partition coefficient (Wildman–Crippen LogP) is -1.52. The molecule has 0 nitrogen and oxygen atoms in total. The van der Waals surface area contributed by atoms with E-state index in [1.54, 1.807) is 0 Å². The Balaban J connectivity index is 0. The minimum absolute atomic E-state index is 0. The summed E-state index contributed by atoms with van der Waals surface area (Å²) >= 11 is 0. The van der Waals surface area contributed by atoms with Gasteiger partial charge in [0, 0.05) is 102 Å². The quantitative estimate of drug-likeness (QED) is 0.280. The number of hydrogen-bond acceptors (Lipinski definition) is 0. The maximum atomic E-state index is 0. The van der Waals surface area contributed by atoms with Gasteiger partial charge in [0.1, 0.15) is 0 Å². The van der Waals surface area contributed by atoms with E-state index in [2.05, 4.69) is 0 Å². The topological polar surface area (TPSA) is 0 Å². The summed E-state index contributed by atoms with van der Waals surface area (Å²) in [6.45, 7) is 0. The third-order valence-electron chi connectivity index (χ3n) is 0. The van der Waals surface area contributed by atoms with Crippen molar-refractivity contribution in [2.24, 2.45) is 0 Å². The molecule has 0 aromatic carbocycles. The summed E-state index contributed by atoms with van der Waals surface area (Å²) in [5.74, 6) is 0. The molecule has 0 unspecified atom stereocenters. The minimum Gasteiger partial charge on any atom is 0 e. The molecule has 0 aromatic heterocycles. The second-order valence-corrected chi connectivity index (χ2v) is 0. The molecule has 16 radical (unpaired) electrons. The summed E-state index contributed by atoms with van der Waals surface area (Å²) in [6, 6.07) is 0. The Kier molecular flexibility index (Phi) is 105. The second-order valence-electron chi connectivity index (χ2n) is 0. The van der Waals surface area contributed by atoms with E-state index in [9.17, 15) is 0 Å². The fourth-order valence-electron chi connectivity index (χ4n) is 0. The van der Waals surface area contributed by atoms with Crippen LogP contribution in [0.1, 0.15) is 0 Å². The summed E-state index contributed by atoms with van der Waals surface area (Å²) in [7, 11) is 0. The SMILES string of the molecule is [Pb].[Pb].[Sn].[Sn]. The van der Waals surface area contributed by atoms with E-state index in [0.717, 1.165) is 0 Å². The van der Waals surface area contributed by atoms with Gasteiger partial charge in [-0.1, -0.05) is 0 Å². The van der Waals surface area contributed by atoms with Gasteiger partial charge in [-0.05, 0) is 0 Å². The summed E-state index contributed by atoms with van der Waals surface area (Å²) in [4.78, 5) is 0. The molecule has 0 aliphatic rings. The van der Waals surface area contributed by atoms with Crippen LogP contribution in [0.15, 0.2) is 0 Å². The summed E-state index contributed by atoms with van der Waals surface area (Å²) < 4.78 is 0. The zero-order valence-electron chi connectivity index (χ0n) is 2.00. The Morgan fingerprint density at radius 3 is 0.500 bits per heavy atom. The average Bonchev–Trinajstić information content (AvgIpc) is 0. The molecule has 0 N–H and O–H groups in total. The van der Waals surface area contributed by atoms with Gasteiger partial charge in [-0.25, -0.2) is 0 Å². The smallest absolute Gasteiger partial charge is 0 e. The van der Waals surface area contributed by atoms with Gasteiger partial charge in [0.15, 0.2) is 0 Å². The van der Waals surface area contributed by atoms with Gasteiger partial charge in [0.2, 0.25) is 0 Å². The summed E-state index contributed by atoms with van der Waals surface area (Å²) in [5.41, 5.74) is 0. The summed E-state index contributed by atoms with van der Waals surface area (Å²) in [5, 5.41) is 0. The van der Waals surface area contributed by atoms with Gasteiger partial charge in [-0.3, -0.25) is 0 Å². The van der Waals surface area contributed by atoms with Crippen molar-refractivity contribution in [3.05, 3.63) is 0 Å². The van der Waals surface area contributed by atoms with E-state index in [1.165, 1.54) is 0 Å². The van der Waals surface area contributed by atoms with Gasteiger partial charge < -0.3 is 0 Å². The monoisotopic (exact) mass is 656 g/mol. The van der Waals surface area contributed by atoms with Crippen LogP contribution in [0.2, 0.25) is 0 Å². The van der Waals surface area contributed by atoms with Crippen LogP contribution in [0.25, 0.3) is 0 Å². The van der Waals surface area contributed by atoms with Crippen LogP contribution in [0, 0.1) is 0 Å². The van der Waals surface area contributed by atoms with E-state index in [4.69, 9.17) is 0 Å². The molecule has 0 atom stereocenters. The van der Waals surface area contributed by atoms with Crippen LogP contribution in [-0.2, 0) is 0 Å². The zero-order valence-corrected chi connectivity index (χ0v) is 15.5. The largest absolute Gasteiger partial charge is 0 e. The summed E-state index contributed by atoms with van der Waals surface area (Å²) in [6.07, 6.45) is 0. The first-order valence-electron chi connectivity index (χ1n) is 0. The molecule has 16 valence electrons. The molecule has 0 spiro atoms. The van der Waals surface area contributed by atoms with Crippen molar-refractivity contribution in [1.29, 1.82) is 0 Å². The third-order valence-corrected chi connectivity index (χ3v) is 0. The Labute approximate surface area is 100 Å². The second kappa shape index (κ2) is 16.1. The Bertz CT molecular complexity index is 4.00. The Hall–Kier alpha value is 3.44. The molecule has 0 aliphatic heterocycles. The van der Waals surface area contributed by atoms with Crippen LogP contribution < -0.4 is 0 Å². The molecule has 0 aromatic rings. The van der Waals surface area contributed by atoms with E-state index < -0.39 is 0 Å². The van der Waals surface area contributed by atoms with Crippen molar-refractivity contribution in [3.63, 3.8) is 0 Å². The van der Waals surface area contributed by atoms with Crippen molar-refractivity contribution < 1.29 is 0 Å². The first-order valence-corrected chi connectivity index (χ1v) is 0. The maximum absolute atomic E-state index is 0. The molecule has 4 heteroatoms. The predicted molar refractivity (Wildman–Crippen MR) is 23.0 cm³/mol. The van der Waals surface area contributed by atoms with Crippen molar-refractivity contribution in [2.45, 2.75) is 0 Å². The van der Waals surface area contributed by atoms with E-state index >= 15 is 0 Å². The van der Waals surface area contributed by atoms with E-state index in [0.29, 0.717) is 0 Å². The van der Waals surface area contributed by atoms with Crippen LogP contribution in [-0.4, -0.2) is 102 Å². The molecule has 0 saturated carbocycles. The zero-order chi connectivity index (χ0) is 0. The van der Waals surface area contributed by atoms with Gasteiger partial charge in [0.25, 0.3) is 0 Å². The van der Waals surface area contributed by atoms with Crippen LogP contribution >= 0.6 is 0 Å². The molecule has 0 aliphatic carbocycles. The maximum Gasteiger partial charge on any atom is 0 e. The fourth-order valence-corrected chi connectivity index (χ4v) is 0. The molecule has 0 rings (SSSR count). The molecular formula is Pb2Sn2. The van der Waals surface area contributed by atoms with Crippen molar-refractivity contribution in [1.82, 2.24) is 0 Å². The van der Waals surface area contributed by atoms with Crippen molar-refractivity contribution in [2.75, 3.05) is 0 Å². The number of rotatable bonds is 0. The molecule has 0 saturated heterocycles. The van der Waals surface area contributed by atoms with Crippen LogP contribution in [0.3, 0.4) is 0 Å². The van der Waals surface area contributed by atoms with Crippen molar-refractivity contribution >= 4 is 102 Å². The first-order chi connectivity index (χ1) is 0. The standard InChI is InChI=1S/2Pb.2Sn. The molecule has 4 heavy (non-hydrogen) atoms. The average molecular weight is 652 g/mol. The van der Waals surface area contributed by atoms with Crippen LogP contribution in [0.4, 0.5) is 0 Å². The van der Waals surface area contributed by atoms with Gasteiger partial charge in [-0.15, -0.1) is 0 Å². The molecule has 0 fully saturated rings. The number of hydrogen-bond donors (Lipinski definition) is 0. The van der Waals surface area contributed by atoms with Gasteiger partial charge in [-0.2, -0.15) is 0 Å². The van der Waals surface area contributed by atoms with Gasteiger partial charge in [0.05, 0.1) is 0 Å². The Morgan fingerprint density at radius 2 is 0.500 bits per heavy atom. The Morgan fingerprint density at radius 1 is 0.500 bits per heavy atom. The van der Waals surface area contributed by atoms with E-state index in [-0.39, 0.29) is 102 Å². The van der Waals surface area contributed by atoms with E-state index in [1.807, 2.05) is 0 Å². The molecule has 0 bridgehead atoms.